The molecule has 0 aliphatic rings. The second-order valence-corrected chi connectivity index (χ2v) is 9.33. The first kappa shape index (κ1) is 35.7. The monoisotopic (exact) mass is 698 g/mol. The van der Waals surface area contributed by atoms with Crippen LogP contribution in [-0.2, 0) is 5.41 Å². The van der Waals surface area contributed by atoms with Crippen LogP contribution in [0.5, 0.6) is 0 Å². The summed E-state index contributed by atoms with van der Waals surface area (Å²) in [4.78, 5) is 0. The van der Waals surface area contributed by atoms with E-state index >= 15 is 0 Å². The van der Waals surface area contributed by atoms with Crippen LogP contribution in [0.4, 0.5) is 79.0 Å². The highest BCUT2D eigenvalue weighted by atomic mass is 127. The van der Waals surface area contributed by atoms with Crippen LogP contribution >= 0.6 is 22.6 Å². The van der Waals surface area contributed by atoms with Crippen molar-refractivity contribution in [3.8, 4) is 0 Å². The molecule has 0 aliphatic heterocycles. The highest BCUT2D eigenvalue weighted by Gasteiger charge is 2.95. The number of rotatable bonds is 5. The third kappa shape index (κ3) is 5.99. The normalized spacial score (nSPS) is 15.3. The summed E-state index contributed by atoms with van der Waals surface area (Å²) in [6, 6.07) is 8.53. The zero-order valence-electron chi connectivity index (χ0n) is 18.0. The van der Waals surface area contributed by atoms with Crippen molar-refractivity contribution in [2.75, 3.05) is 0 Å². The second-order valence-electron chi connectivity index (χ2n) is 8.17. The minimum atomic E-state index is -8.72. The van der Waals surface area contributed by atoms with E-state index in [1.165, 1.54) is 9.13 Å². The van der Waals surface area contributed by atoms with E-state index < -0.39 is 47.9 Å². The Hall–Kier alpha value is -1.31. The first-order valence-corrected chi connectivity index (χ1v) is 10.00. The molecule has 0 bridgehead atoms. The van der Waals surface area contributed by atoms with Gasteiger partial charge in [-0.2, -0.15) is 79.0 Å². The Balaban J connectivity index is 0.000000970. The van der Waals surface area contributed by atoms with Crippen molar-refractivity contribution in [2.45, 2.75) is 74.1 Å². The lowest BCUT2D eigenvalue weighted by Gasteiger charge is -2.41. The van der Waals surface area contributed by atoms with E-state index in [1.54, 1.807) is 0 Å². The molecule has 0 aliphatic carbocycles. The van der Waals surface area contributed by atoms with Crippen LogP contribution in [0.2, 0.25) is 0 Å². The summed E-state index contributed by atoms with van der Waals surface area (Å²) in [6.07, 6.45) is -15.6. The Bertz CT molecular complexity index is 872. The molecule has 0 spiro atoms. The van der Waals surface area contributed by atoms with Crippen LogP contribution < -0.4 is 0 Å². The third-order valence-electron chi connectivity index (χ3n) is 4.37. The largest absolute Gasteiger partial charge is 0.460 e. The smallest absolute Gasteiger partial charge is 0.192 e. The molecule has 0 radical (unpaired) electrons. The van der Waals surface area contributed by atoms with E-state index in [9.17, 15) is 79.0 Å². The molecule has 1 aromatic carbocycles. The van der Waals surface area contributed by atoms with Crippen molar-refractivity contribution in [3.05, 3.63) is 33.4 Å². The fourth-order valence-electron chi connectivity index (χ4n) is 2.21. The summed E-state index contributed by atoms with van der Waals surface area (Å²) in [7, 11) is 0. The summed E-state index contributed by atoms with van der Waals surface area (Å²) in [6.45, 7) is 6.72. The minimum absolute atomic E-state index is 0.276. The van der Waals surface area contributed by atoms with Gasteiger partial charge in [0.2, 0.25) is 0 Å². The van der Waals surface area contributed by atoms with Crippen LogP contribution in [0.25, 0.3) is 0 Å². The van der Waals surface area contributed by atoms with Crippen molar-refractivity contribution < 1.29 is 79.0 Å². The number of halogens is 19. The first-order valence-electron chi connectivity index (χ1n) is 8.92. The van der Waals surface area contributed by atoms with Gasteiger partial charge in [-0.3, -0.25) is 0 Å². The van der Waals surface area contributed by atoms with E-state index in [0.717, 1.165) is 0 Å². The van der Waals surface area contributed by atoms with E-state index in [0.29, 0.717) is 0 Å². The number of alkyl halides is 18. The molecule has 0 amide bonds. The van der Waals surface area contributed by atoms with Crippen molar-refractivity contribution in [3.63, 3.8) is 0 Å². The molecular formula is C18H13F18I. The molecule has 0 N–H and O–H groups in total. The summed E-state index contributed by atoms with van der Waals surface area (Å²) in [5, 5.41) is 0. The van der Waals surface area contributed by atoms with Crippen LogP contribution in [-0.4, -0.2) is 47.9 Å². The number of hydrogen-bond acceptors (Lipinski definition) is 0. The van der Waals surface area contributed by atoms with Crippen LogP contribution in [0, 0.1) is 3.57 Å². The molecular weight excluding hydrogens is 685 g/mol. The fraction of sp³-hybridized carbons (Fsp3) is 0.667. The fourth-order valence-corrected chi connectivity index (χ4v) is 3.41. The minimum Gasteiger partial charge on any atom is -0.192 e. The van der Waals surface area contributed by atoms with Crippen LogP contribution in [0.15, 0.2) is 24.3 Å². The number of hydrogen-bond donors (Lipinski definition) is 0. The molecule has 19 heteroatoms. The van der Waals surface area contributed by atoms with Crippen molar-refractivity contribution in [2.24, 2.45) is 0 Å². The lowest BCUT2D eigenvalue weighted by Crippen LogP contribution is -2.74. The first-order chi connectivity index (χ1) is 15.8. The maximum Gasteiger partial charge on any atom is 0.460 e. The van der Waals surface area contributed by atoms with Gasteiger partial charge in [0, 0.05) is 3.57 Å². The van der Waals surface area contributed by atoms with Gasteiger partial charge in [-0.15, -0.1) is 0 Å². The van der Waals surface area contributed by atoms with Gasteiger partial charge in [0.05, 0.1) is 0 Å². The lowest BCUT2D eigenvalue weighted by atomic mass is 9.87. The predicted molar refractivity (Wildman–Crippen MR) is 99.7 cm³/mol. The average Bonchev–Trinajstić information content (AvgIpc) is 2.65. The highest BCUT2D eigenvalue weighted by Crippen LogP contribution is 2.64. The molecule has 0 unspecified atom stereocenters. The maximum absolute atomic E-state index is 12.8. The Morgan fingerprint density at radius 2 is 0.676 bits per heavy atom. The van der Waals surface area contributed by atoms with Gasteiger partial charge >= 0.3 is 47.9 Å². The van der Waals surface area contributed by atoms with Crippen LogP contribution in [0.1, 0.15) is 26.3 Å². The van der Waals surface area contributed by atoms with Crippen molar-refractivity contribution in [1.29, 1.82) is 0 Å². The van der Waals surface area contributed by atoms with Gasteiger partial charge in [-0.05, 0) is 39.6 Å². The highest BCUT2D eigenvalue weighted by molar-refractivity contribution is 14.1. The quantitative estimate of drug-likeness (QED) is 0.213. The van der Waals surface area contributed by atoms with Gasteiger partial charge in [0.15, 0.2) is 0 Å². The maximum atomic E-state index is 12.8. The lowest BCUT2D eigenvalue weighted by molar-refractivity contribution is -0.468. The zero-order chi connectivity index (χ0) is 30.5. The Morgan fingerprint density at radius 3 is 0.865 bits per heavy atom. The predicted octanol–water partition coefficient (Wildman–Crippen LogP) is 9.51. The third-order valence-corrected chi connectivity index (χ3v) is 5.31. The van der Waals surface area contributed by atoms with Crippen LogP contribution in [0.3, 0.4) is 0 Å². The van der Waals surface area contributed by atoms with Crippen molar-refractivity contribution >= 4 is 22.6 Å². The molecule has 0 aromatic heterocycles. The molecule has 0 heterocycles. The summed E-state index contributed by atoms with van der Waals surface area (Å²) < 4.78 is 222. The molecule has 37 heavy (non-hydrogen) atoms. The Kier molecular flexibility index (Phi) is 9.66. The molecule has 0 saturated carbocycles. The summed E-state index contributed by atoms with van der Waals surface area (Å²) in [5.41, 5.74) is 1.71. The molecule has 0 saturated heterocycles. The molecule has 1 rings (SSSR count). The van der Waals surface area contributed by atoms with E-state index in [2.05, 4.69) is 67.6 Å². The van der Waals surface area contributed by atoms with Gasteiger partial charge in [0.1, 0.15) is 0 Å². The van der Waals surface area contributed by atoms with Crippen molar-refractivity contribution in [1.82, 2.24) is 0 Å². The van der Waals surface area contributed by atoms with E-state index in [1.807, 2.05) is 0 Å². The van der Waals surface area contributed by atoms with Gasteiger partial charge in [-0.1, -0.05) is 39.0 Å². The van der Waals surface area contributed by atoms with Gasteiger partial charge in [0.25, 0.3) is 0 Å². The summed E-state index contributed by atoms with van der Waals surface area (Å²) >= 11 is 2.39. The molecule has 218 valence electrons. The molecule has 0 atom stereocenters. The van der Waals surface area contributed by atoms with E-state index in [4.69, 9.17) is 0 Å². The van der Waals surface area contributed by atoms with E-state index in [-0.39, 0.29) is 5.41 Å². The molecule has 0 nitrogen and oxygen atoms in total. The van der Waals surface area contributed by atoms with Gasteiger partial charge < -0.3 is 0 Å². The number of benzene rings is 1. The molecule has 1 aromatic rings. The Labute approximate surface area is 209 Å². The standard InChI is InChI=1S/C10H13I.C8F18/c1-10(2,3)8-6-4-5-7-9(8)11;9-1(10,3(13,14)5(17,18)7(21,22)23)2(11,12)4(15,16)6(19,20)8(24,25)26/h4-7H,1-3H3;. The second kappa shape index (κ2) is 10.0. The van der Waals surface area contributed by atoms with Gasteiger partial charge in [-0.25, -0.2) is 0 Å². The SMILES string of the molecule is CC(C)(C)c1ccccc1I.FC(F)(F)C(F)(F)C(F)(F)C(F)(F)C(F)(F)C(F)(F)C(F)(F)C(F)(F)F. The topological polar surface area (TPSA) is 0 Å². The average molecular weight is 698 g/mol. The Morgan fingerprint density at radius 1 is 0.432 bits per heavy atom. The zero-order valence-corrected chi connectivity index (χ0v) is 20.1. The molecule has 0 fully saturated rings. The summed E-state index contributed by atoms with van der Waals surface area (Å²) in [5.74, 6) is -51.0.